The van der Waals surface area contributed by atoms with Gasteiger partial charge in [-0.15, -0.1) is 0 Å². The van der Waals surface area contributed by atoms with E-state index in [0.29, 0.717) is 24.6 Å². The summed E-state index contributed by atoms with van der Waals surface area (Å²) in [6.07, 6.45) is 0. The maximum absolute atomic E-state index is 12.6. The predicted octanol–water partition coefficient (Wildman–Crippen LogP) is 0.0136. The zero-order valence-electron chi connectivity index (χ0n) is 13.8. The highest BCUT2D eigenvalue weighted by atomic mass is 32.2. The van der Waals surface area contributed by atoms with Crippen molar-refractivity contribution in [3.63, 3.8) is 0 Å². The average molecular weight is 354 g/mol. The van der Waals surface area contributed by atoms with Gasteiger partial charge in [0.2, 0.25) is 0 Å². The first-order valence-corrected chi connectivity index (χ1v) is 9.69. The quantitative estimate of drug-likeness (QED) is 0.758. The van der Waals surface area contributed by atoms with Crippen molar-refractivity contribution in [3.8, 4) is 11.5 Å². The summed E-state index contributed by atoms with van der Waals surface area (Å²) in [5, 5.41) is 0. The van der Waals surface area contributed by atoms with E-state index >= 15 is 0 Å². The number of fused-ring (bicyclic) bond motifs is 1. The number of hydrogen-bond acceptors (Lipinski definition) is 6. The van der Waals surface area contributed by atoms with Gasteiger partial charge in [0.15, 0.2) is 27.9 Å². The van der Waals surface area contributed by atoms with Crippen LogP contribution in [0.15, 0.2) is 24.3 Å². The van der Waals surface area contributed by atoms with Crippen LogP contribution >= 0.6 is 0 Å². The van der Waals surface area contributed by atoms with Crippen LogP contribution < -0.4 is 9.47 Å². The molecule has 2 aliphatic rings. The Bertz CT molecular complexity index is 721. The highest BCUT2D eigenvalue weighted by Gasteiger charge is 2.46. The van der Waals surface area contributed by atoms with E-state index in [1.807, 2.05) is 18.0 Å². The van der Waals surface area contributed by atoms with Crippen LogP contribution in [-0.4, -0.2) is 81.6 Å². The van der Waals surface area contributed by atoms with Crippen molar-refractivity contribution in [2.45, 2.75) is 12.1 Å². The Kier molecular flexibility index (Phi) is 4.69. The fraction of sp³-hybridized carbons (Fsp3) is 0.562. The summed E-state index contributed by atoms with van der Waals surface area (Å²) < 4.78 is 34.7. The lowest BCUT2D eigenvalue weighted by molar-refractivity contribution is -0.138. The second-order valence-electron chi connectivity index (χ2n) is 6.22. The normalized spacial score (nSPS) is 26.0. The van der Waals surface area contributed by atoms with Gasteiger partial charge in [0.05, 0.1) is 24.7 Å². The number of methoxy groups -OCH3 is 1. The van der Waals surface area contributed by atoms with Crippen molar-refractivity contribution in [2.24, 2.45) is 0 Å². The molecule has 0 spiro atoms. The molecule has 1 aromatic carbocycles. The largest absolute Gasteiger partial charge is 0.493 e. The van der Waals surface area contributed by atoms with Crippen molar-refractivity contribution >= 4 is 15.7 Å². The van der Waals surface area contributed by atoms with Gasteiger partial charge < -0.3 is 14.4 Å². The third kappa shape index (κ3) is 3.34. The number of rotatable bonds is 4. The summed E-state index contributed by atoms with van der Waals surface area (Å²) in [7, 11) is 0.346. The fourth-order valence-corrected chi connectivity index (χ4v) is 5.45. The topological polar surface area (TPSA) is 76.2 Å². The van der Waals surface area contributed by atoms with Crippen LogP contribution in [0.3, 0.4) is 0 Å². The number of nitrogens with zero attached hydrogens (tertiary/aromatic N) is 2. The maximum atomic E-state index is 12.6. The number of para-hydroxylation sites is 2. The van der Waals surface area contributed by atoms with E-state index in [2.05, 4.69) is 0 Å². The highest BCUT2D eigenvalue weighted by Crippen LogP contribution is 2.28. The van der Waals surface area contributed by atoms with Gasteiger partial charge in [-0.25, -0.2) is 8.42 Å². The molecule has 0 saturated carbocycles. The Morgan fingerprint density at radius 2 is 1.83 bits per heavy atom. The van der Waals surface area contributed by atoms with Gasteiger partial charge in [-0.3, -0.25) is 9.69 Å². The van der Waals surface area contributed by atoms with Crippen molar-refractivity contribution in [2.75, 3.05) is 45.4 Å². The minimum atomic E-state index is -3.10. The third-order valence-electron chi connectivity index (χ3n) is 4.69. The number of hydrogen-bond donors (Lipinski definition) is 0. The predicted molar refractivity (Wildman–Crippen MR) is 89.1 cm³/mol. The molecule has 2 aliphatic heterocycles. The van der Waals surface area contributed by atoms with E-state index in [1.54, 1.807) is 30.2 Å². The molecule has 2 saturated heterocycles. The minimum absolute atomic E-state index is 0.0302. The minimum Gasteiger partial charge on any atom is -0.493 e. The molecule has 8 heteroatoms. The maximum Gasteiger partial charge on any atom is 0.260 e. The molecule has 0 radical (unpaired) electrons. The summed E-state index contributed by atoms with van der Waals surface area (Å²) in [6, 6.07) is 6.70. The molecule has 24 heavy (non-hydrogen) atoms. The fourth-order valence-electron chi connectivity index (χ4n) is 3.40. The van der Waals surface area contributed by atoms with Crippen LogP contribution in [0.25, 0.3) is 0 Å². The Morgan fingerprint density at radius 3 is 2.54 bits per heavy atom. The van der Waals surface area contributed by atoms with Gasteiger partial charge >= 0.3 is 0 Å². The molecule has 7 nitrogen and oxygen atoms in total. The Hall–Kier alpha value is -1.80. The van der Waals surface area contributed by atoms with Crippen molar-refractivity contribution in [3.05, 3.63) is 24.3 Å². The molecule has 0 bridgehead atoms. The zero-order valence-corrected chi connectivity index (χ0v) is 14.7. The summed E-state index contributed by atoms with van der Waals surface area (Å²) in [5.74, 6) is 1.01. The average Bonchev–Trinajstić information content (AvgIpc) is 2.89. The SMILES string of the molecule is COc1ccccc1OCC(=O)N1CCN(C)[C@H]2CS(=O)(=O)C[C@H]21. The summed E-state index contributed by atoms with van der Waals surface area (Å²) in [6.45, 7) is 1.05. The van der Waals surface area contributed by atoms with Crippen molar-refractivity contribution < 1.29 is 22.7 Å². The molecule has 2 heterocycles. The van der Waals surface area contributed by atoms with E-state index in [9.17, 15) is 13.2 Å². The molecule has 0 aliphatic carbocycles. The number of piperazine rings is 1. The summed E-state index contributed by atoms with van der Waals surface area (Å²) in [4.78, 5) is 16.3. The first-order chi connectivity index (χ1) is 11.4. The smallest absolute Gasteiger partial charge is 0.260 e. The molecule has 0 aromatic heterocycles. The van der Waals surface area contributed by atoms with Crippen LogP contribution in [0.2, 0.25) is 0 Å². The van der Waals surface area contributed by atoms with Gasteiger partial charge in [0.25, 0.3) is 5.91 Å². The molecule has 2 fully saturated rings. The van der Waals surface area contributed by atoms with Gasteiger partial charge in [0, 0.05) is 19.1 Å². The molecule has 3 rings (SSSR count). The van der Waals surface area contributed by atoms with E-state index < -0.39 is 9.84 Å². The van der Waals surface area contributed by atoms with Crippen LogP contribution in [0.1, 0.15) is 0 Å². The van der Waals surface area contributed by atoms with Gasteiger partial charge in [-0.2, -0.15) is 0 Å². The lowest BCUT2D eigenvalue weighted by Crippen LogP contribution is -2.60. The number of benzene rings is 1. The van der Waals surface area contributed by atoms with Crippen LogP contribution in [0.4, 0.5) is 0 Å². The van der Waals surface area contributed by atoms with Crippen molar-refractivity contribution in [1.29, 1.82) is 0 Å². The van der Waals surface area contributed by atoms with Crippen molar-refractivity contribution in [1.82, 2.24) is 9.80 Å². The monoisotopic (exact) mass is 354 g/mol. The van der Waals surface area contributed by atoms with E-state index in [4.69, 9.17) is 9.47 Å². The standard InChI is InChI=1S/C16H22N2O5S/c1-17-7-8-18(13-11-24(20,21)10-12(13)17)16(19)9-23-15-6-4-3-5-14(15)22-2/h3-6,12-13H,7-11H2,1-2H3/t12-,13+/m0/s1. The zero-order chi connectivity index (χ0) is 17.3. The molecule has 1 aromatic rings. The van der Waals surface area contributed by atoms with Gasteiger partial charge in [0.1, 0.15) is 0 Å². The molecular formula is C16H22N2O5S. The molecule has 1 amide bonds. The number of amides is 1. The lowest BCUT2D eigenvalue weighted by Gasteiger charge is -2.42. The third-order valence-corrected chi connectivity index (χ3v) is 6.39. The van der Waals surface area contributed by atoms with Crippen LogP contribution in [0, 0.1) is 0 Å². The second-order valence-corrected chi connectivity index (χ2v) is 8.37. The highest BCUT2D eigenvalue weighted by molar-refractivity contribution is 7.91. The van der Waals surface area contributed by atoms with Crippen LogP contribution in [-0.2, 0) is 14.6 Å². The summed E-state index contributed by atoms with van der Waals surface area (Å²) >= 11 is 0. The van der Waals surface area contributed by atoms with E-state index in [0.717, 1.165) is 0 Å². The summed E-state index contributed by atoms with van der Waals surface area (Å²) in [5.41, 5.74) is 0. The Labute approximate surface area is 142 Å². The Morgan fingerprint density at radius 1 is 1.17 bits per heavy atom. The lowest BCUT2D eigenvalue weighted by atomic mass is 10.1. The van der Waals surface area contributed by atoms with Gasteiger partial charge in [-0.05, 0) is 19.2 Å². The van der Waals surface area contributed by atoms with Gasteiger partial charge in [-0.1, -0.05) is 12.1 Å². The number of sulfone groups is 1. The molecule has 0 N–H and O–H groups in total. The number of ether oxygens (including phenoxy) is 2. The van der Waals surface area contributed by atoms with Crippen LogP contribution in [0.5, 0.6) is 11.5 Å². The first-order valence-electron chi connectivity index (χ1n) is 7.87. The van der Waals surface area contributed by atoms with E-state index in [-0.39, 0.29) is 36.1 Å². The Balaban J connectivity index is 1.68. The van der Waals surface area contributed by atoms with E-state index in [1.165, 1.54) is 0 Å². The molecule has 0 unspecified atom stereocenters. The molecule has 2 atom stereocenters. The molecule has 132 valence electrons. The number of likely N-dealkylation sites (N-methyl/N-ethyl adjacent to an activating group) is 1. The second kappa shape index (κ2) is 6.60. The number of carbonyl (C=O) groups excluding carboxylic acids is 1. The molecular weight excluding hydrogens is 332 g/mol. The number of carbonyl (C=O) groups is 1. The first kappa shape index (κ1) is 17.0.